The van der Waals surface area contributed by atoms with E-state index in [1.54, 1.807) is 32.7 Å². The third-order valence-corrected chi connectivity index (χ3v) is 4.13. The molecule has 20 heavy (non-hydrogen) atoms. The van der Waals surface area contributed by atoms with Gasteiger partial charge < -0.3 is 19.5 Å². The molecule has 0 saturated heterocycles. The zero-order chi connectivity index (χ0) is 14.5. The van der Waals surface area contributed by atoms with Gasteiger partial charge in [0.1, 0.15) is 5.75 Å². The Hall–Kier alpha value is -1.72. The summed E-state index contributed by atoms with van der Waals surface area (Å²) >= 11 is 1.67. The molecule has 2 aromatic rings. The van der Waals surface area contributed by atoms with E-state index in [2.05, 4.69) is 5.32 Å². The van der Waals surface area contributed by atoms with Gasteiger partial charge in [-0.25, -0.2) is 0 Å². The number of methoxy groups -OCH3 is 3. The van der Waals surface area contributed by atoms with Crippen molar-refractivity contribution in [3.8, 4) is 17.2 Å². The summed E-state index contributed by atoms with van der Waals surface area (Å²) in [7, 11) is 6.89. The van der Waals surface area contributed by atoms with Crippen molar-refractivity contribution in [2.24, 2.45) is 0 Å². The summed E-state index contributed by atoms with van der Waals surface area (Å²) in [6, 6.07) is 7.97. The molecule has 0 aliphatic heterocycles. The second-order valence-electron chi connectivity index (χ2n) is 4.19. The highest BCUT2D eigenvalue weighted by atomic mass is 32.1. The highest BCUT2D eigenvalue weighted by Gasteiger charge is 2.19. The van der Waals surface area contributed by atoms with Gasteiger partial charge in [0.25, 0.3) is 0 Å². The molecule has 2 rings (SSSR count). The fourth-order valence-electron chi connectivity index (χ4n) is 2.17. The van der Waals surface area contributed by atoms with Crippen LogP contribution in [-0.4, -0.2) is 28.4 Å². The van der Waals surface area contributed by atoms with Crippen LogP contribution in [0.1, 0.15) is 16.5 Å². The quantitative estimate of drug-likeness (QED) is 0.888. The van der Waals surface area contributed by atoms with Crippen molar-refractivity contribution in [2.45, 2.75) is 6.04 Å². The van der Waals surface area contributed by atoms with Crippen LogP contribution in [0.25, 0.3) is 0 Å². The summed E-state index contributed by atoms with van der Waals surface area (Å²) in [6.07, 6.45) is 0. The van der Waals surface area contributed by atoms with E-state index in [1.807, 2.05) is 36.7 Å². The lowest BCUT2D eigenvalue weighted by atomic mass is 10.0. The van der Waals surface area contributed by atoms with Crippen LogP contribution >= 0.6 is 11.3 Å². The summed E-state index contributed by atoms with van der Waals surface area (Å²) in [5, 5.41) is 5.35. The van der Waals surface area contributed by atoms with Gasteiger partial charge in [-0.15, -0.1) is 11.3 Å². The molecule has 4 nitrogen and oxygen atoms in total. The van der Waals surface area contributed by atoms with E-state index in [4.69, 9.17) is 14.2 Å². The smallest absolute Gasteiger partial charge is 0.161 e. The largest absolute Gasteiger partial charge is 0.496 e. The molecule has 1 unspecified atom stereocenters. The molecule has 5 heteroatoms. The maximum Gasteiger partial charge on any atom is 0.161 e. The molecular weight excluding hydrogens is 274 g/mol. The minimum atomic E-state index is 0.0600. The van der Waals surface area contributed by atoms with Crippen LogP contribution in [-0.2, 0) is 0 Å². The Morgan fingerprint density at radius 1 is 0.950 bits per heavy atom. The normalized spacial score (nSPS) is 12.0. The fraction of sp³-hybridized carbons (Fsp3) is 0.333. The van der Waals surface area contributed by atoms with Crippen molar-refractivity contribution in [3.63, 3.8) is 0 Å². The second-order valence-corrected chi connectivity index (χ2v) is 5.14. The first-order valence-electron chi connectivity index (χ1n) is 6.25. The number of benzene rings is 1. The number of nitrogens with one attached hydrogen (secondary N) is 1. The lowest BCUT2D eigenvalue weighted by molar-refractivity contribution is 0.354. The Labute approximate surface area is 123 Å². The van der Waals surface area contributed by atoms with Crippen molar-refractivity contribution >= 4 is 11.3 Å². The van der Waals surface area contributed by atoms with Crippen LogP contribution in [0.4, 0.5) is 0 Å². The first kappa shape index (κ1) is 14.7. The molecule has 1 N–H and O–H groups in total. The van der Waals surface area contributed by atoms with Crippen LogP contribution in [0.2, 0.25) is 0 Å². The van der Waals surface area contributed by atoms with Crippen molar-refractivity contribution in [3.05, 3.63) is 40.1 Å². The van der Waals surface area contributed by atoms with Gasteiger partial charge in [-0.05, 0) is 36.2 Å². The second kappa shape index (κ2) is 6.63. The number of ether oxygens (including phenoxy) is 3. The summed E-state index contributed by atoms with van der Waals surface area (Å²) in [5.74, 6) is 2.34. The monoisotopic (exact) mass is 293 g/mol. The van der Waals surface area contributed by atoms with E-state index in [0.717, 1.165) is 27.7 Å². The van der Waals surface area contributed by atoms with E-state index in [1.165, 1.54) is 0 Å². The number of thiophene rings is 1. The molecule has 0 saturated carbocycles. The Morgan fingerprint density at radius 3 is 2.25 bits per heavy atom. The topological polar surface area (TPSA) is 39.7 Å². The third kappa shape index (κ3) is 2.73. The number of hydrogen-bond acceptors (Lipinski definition) is 5. The SMILES string of the molecule is CNC(c1ccc(OC)c(OC)c1)c1sccc1OC. The molecule has 1 atom stereocenters. The van der Waals surface area contributed by atoms with Gasteiger partial charge in [0.05, 0.1) is 32.2 Å². The van der Waals surface area contributed by atoms with Crippen LogP contribution < -0.4 is 19.5 Å². The summed E-state index contributed by atoms with van der Waals surface area (Å²) in [6.45, 7) is 0. The van der Waals surface area contributed by atoms with E-state index in [9.17, 15) is 0 Å². The van der Waals surface area contributed by atoms with E-state index >= 15 is 0 Å². The Balaban J connectivity index is 2.42. The van der Waals surface area contributed by atoms with Crippen LogP contribution in [0, 0.1) is 0 Å². The molecule has 1 aromatic carbocycles. The van der Waals surface area contributed by atoms with Crippen LogP contribution in [0.3, 0.4) is 0 Å². The molecule has 108 valence electrons. The molecular formula is C15H19NO3S. The van der Waals surface area contributed by atoms with Gasteiger partial charge in [0.15, 0.2) is 11.5 Å². The molecule has 0 fully saturated rings. The average molecular weight is 293 g/mol. The zero-order valence-electron chi connectivity index (χ0n) is 12.1. The van der Waals surface area contributed by atoms with E-state index < -0.39 is 0 Å². The summed E-state index contributed by atoms with van der Waals surface area (Å²) in [4.78, 5) is 1.14. The zero-order valence-corrected chi connectivity index (χ0v) is 12.9. The average Bonchev–Trinajstić information content (AvgIpc) is 2.96. The Morgan fingerprint density at radius 2 is 1.65 bits per heavy atom. The Bertz CT molecular complexity index is 568. The van der Waals surface area contributed by atoms with Gasteiger partial charge in [0.2, 0.25) is 0 Å². The minimum absolute atomic E-state index is 0.0600. The molecule has 1 aromatic heterocycles. The lowest BCUT2D eigenvalue weighted by Gasteiger charge is -2.18. The molecule has 0 spiro atoms. The van der Waals surface area contributed by atoms with Crippen LogP contribution in [0.5, 0.6) is 17.2 Å². The summed E-state index contributed by atoms with van der Waals surface area (Å²) in [5.41, 5.74) is 1.10. The van der Waals surface area contributed by atoms with Crippen molar-refractivity contribution < 1.29 is 14.2 Å². The number of rotatable bonds is 6. The molecule has 0 aliphatic carbocycles. The molecule has 0 radical (unpaired) electrons. The predicted octanol–water partition coefficient (Wildman–Crippen LogP) is 3.08. The van der Waals surface area contributed by atoms with Crippen molar-refractivity contribution in [2.75, 3.05) is 28.4 Å². The van der Waals surface area contributed by atoms with Gasteiger partial charge in [0, 0.05) is 0 Å². The first-order chi connectivity index (χ1) is 9.74. The standard InChI is InChI=1S/C15H19NO3S/c1-16-14(15-12(18-3)7-8-20-15)10-5-6-11(17-2)13(9-10)19-4/h5-9,14,16H,1-4H3. The van der Waals surface area contributed by atoms with Crippen molar-refractivity contribution in [1.29, 1.82) is 0 Å². The maximum absolute atomic E-state index is 5.41. The third-order valence-electron chi connectivity index (χ3n) is 3.17. The minimum Gasteiger partial charge on any atom is -0.496 e. The van der Waals surface area contributed by atoms with Crippen molar-refractivity contribution in [1.82, 2.24) is 5.32 Å². The molecule has 0 amide bonds. The predicted molar refractivity (Wildman–Crippen MR) is 81.3 cm³/mol. The molecule has 1 heterocycles. The Kier molecular flexibility index (Phi) is 4.87. The highest BCUT2D eigenvalue weighted by molar-refractivity contribution is 7.10. The first-order valence-corrected chi connectivity index (χ1v) is 7.13. The molecule has 0 aliphatic rings. The summed E-state index contributed by atoms with van der Waals surface area (Å²) < 4.78 is 16.0. The fourth-order valence-corrected chi connectivity index (χ4v) is 3.17. The number of hydrogen-bond donors (Lipinski definition) is 1. The van der Waals surface area contributed by atoms with E-state index in [0.29, 0.717) is 0 Å². The van der Waals surface area contributed by atoms with Gasteiger partial charge in [-0.1, -0.05) is 6.07 Å². The highest BCUT2D eigenvalue weighted by Crippen LogP contribution is 2.37. The molecule has 0 bridgehead atoms. The van der Waals surface area contributed by atoms with Gasteiger partial charge >= 0.3 is 0 Å². The van der Waals surface area contributed by atoms with Gasteiger partial charge in [-0.2, -0.15) is 0 Å². The van der Waals surface area contributed by atoms with Crippen LogP contribution in [0.15, 0.2) is 29.6 Å². The van der Waals surface area contributed by atoms with E-state index in [-0.39, 0.29) is 6.04 Å². The van der Waals surface area contributed by atoms with Gasteiger partial charge in [-0.3, -0.25) is 0 Å². The maximum atomic E-state index is 5.41. The lowest BCUT2D eigenvalue weighted by Crippen LogP contribution is -2.17.